The minimum atomic E-state index is -1.05. The number of rotatable bonds is 29. The van der Waals surface area contributed by atoms with Gasteiger partial charge in [-0.25, -0.2) is 9.97 Å². The SMILES string of the molecule is COc1cc2c(nc1OCCCOc1nc3cc(C(=O)CCC(=O)O)sc3cc1OC)CN(C(=O)CCC(=O)OCc1ccc(NC(=O)[C@H](C)NC(=O)[C@@H](NC(=O)CCOCCN3C(=O)C=CC3=O)C(C)C)cc1)C2. The molecule has 0 aliphatic carbocycles. The van der Waals surface area contributed by atoms with E-state index in [-0.39, 0.29) is 114 Å². The van der Waals surface area contributed by atoms with Crippen LogP contribution in [0.5, 0.6) is 23.3 Å². The number of aliphatic carboxylic acids is 1. The maximum absolute atomic E-state index is 13.2. The fourth-order valence-corrected chi connectivity index (χ4v) is 8.51. The molecule has 6 rings (SSSR count). The lowest BCUT2D eigenvalue weighted by Gasteiger charge is -2.24. The van der Waals surface area contributed by atoms with Crippen LogP contribution < -0.4 is 34.9 Å². The number of ether oxygens (including phenoxy) is 6. The van der Waals surface area contributed by atoms with E-state index in [2.05, 4.69) is 25.9 Å². The first-order valence-corrected chi connectivity index (χ1v) is 24.8. The molecule has 0 radical (unpaired) electrons. The first-order chi connectivity index (χ1) is 35.9. The topological polar surface area (TPSA) is 298 Å². The summed E-state index contributed by atoms with van der Waals surface area (Å²) in [6.45, 7) is 5.87. The number of ketones is 1. The van der Waals surface area contributed by atoms with Crippen LogP contribution in [0.25, 0.3) is 10.2 Å². The van der Waals surface area contributed by atoms with Crippen molar-refractivity contribution in [1.29, 1.82) is 0 Å². The molecule has 24 heteroatoms. The van der Waals surface area contributed by atoms with E-state index < -0.39 is 53.6 Å². The van der Waals surface area contributed by atoms with Gasteiger partial charge in [0.1, 0.15) is 18.7 Å². The van der Waals surface area contributed by atoms with Crippen molar-refractivity contribution >= 4 is 80.4 Å². The Labute approximate surface area is 435 Å². The number of carbonyl (C=O) groups excluding carboxylic acids is 8. The standard InChI is InChI=1S/C51H59N7O16S/c1-29(2)47(56-41(60)17-21-71-22-18-58-43(62)12-13-44(58)63)49(68)52-30(3)48(67)53-33-9-7-31(8-10-33)28-74-46(66)16-14-42(61)57-26-32-23-37(69-4)50(55-35(32)27-57)72-19-6-20-73-51-38(70-5)25-39-34(54-51)24-40(75-39)36(59)11-15-45(64)65/h7-10,12-13,23-25,29-30,47H,6,11,14-22,26-28H2,1-5H3,(H,52,68)(H,53,67)(H,56,60)(H,64,65)/t30-,47-/m0/s1. The number of carboxylic acids is 1. The van der Waals surface area contributed by atoms with Crippen molar-refractivity contribution in [2.75, 3.05) is 52.5 Å². The number of aromatic nitrogens is 2. The normalized spacial score (nSPS) is 13.6. The average molecular weight is 1060 g/mol. The number of anilines is 1. The average Bonchev–Trinajstić information content (AvgIpc) is 4.10. The Morgan fingerprint density at radius 1 is 0.760 bits per heavy atom. The third-order valence-corrected chi connectivity index (χ3v) is 12.8. The molecule has 2 atom stereocenters. The van der Waals surface area contributed by atoms with E-state index in [0.29, 0.717) is 50.0 Å². The molecule has 4 N–H and O–H groups in total. The third kappa shape index (κ3) is 16.0. The van der Waals surface area contributed by atoms with Crippen molar-refractivity contribution in [3.63, 3.8) is 0 Å². The number of nitrogens with zero attached hydrogens (tertiary/aromatic N) is 4. The van der Waals surface area contributed by atoms with Crippen molar-refractivity contribution < 1.29 is 76.7 Å². The molecule has 4 aromatic rings. The molecule has 23 nitrogen and oxygen atoms in total. The molecule has 0 bridgehead atoms. The number of esters is 1. The van der Waals surface area contributed by atoms with Crippen molar-refractivity contribution in [3.05, 3.63) is 76.3 Å². The van der Waals surface area contributed by atoms with Gasteiger partial charge in [0.15, 0.2) is 17.3 Å². The predicted octanol–water partition coefficient (Wildman–Crippen LogP) is 3.89. The molecule has 0 saturated heterocycles. The van der Waals surface area contributed by atoms with Crippen LogP contribution in [0.15, 0.2) is 54.6 Å². The minimum absolute atomic E-state index is 0.0000563. The van der Waals surface area contributed by atoms with Crippen LogP contribution in [-0.2, 0) is 67.5 Å². The molecule has 75 heavy (non-hydrogen) atoms. The number of amides is 6. The molecule has 0 unspecified atom stereocenters. The highest BCUT2D eigenvalue weighted by atomic mass is 32.1. The molecule has 2 aliphatic rings. The second-order valence-corrected chi connectivity index (χ2v) is 18.7. The van der Waals surface area contributed by atoms with Gasteiger partial charge < -0.3 is 54.4 Å². The van der Waals surface area contributed by atoms with Crippen LogP contribution in [-0.4, -0.2) is 137 Å². The number of methoxy groups -OCH3 is 2. The number of carboxylic acid groups (broad SMARTS) is 1. The fourth-order valence-electron chi connectivity index (χ4n) is 7.52. The fraction of sp³-hybridized carbons (Fsp3) is 0.431. The predicted molar refractivity (Wildman–Crippen MR) is 268 cm³/mol. The highest BCUT2D eigenvalue weighted by Crippen LogP contribution is 2.35. The Kier molecular flexibility index (Phi) is 20.1. The monoisotopic (exact) mass is 1060 g/mol. The second-order valence-electron chi connectivity index (χ2n) is 17.6. The first-order valence-electron chi connectivity index (χ1n) is 24.0. The highest BCUT2D eigenvalue weighted by molar-refractivity contribution is 7.20. The maximum Gasteiger partial charge on any atom is 0.306 e. The zero-order chi connectivity index (χ0) is 54.2. The van der Waals surface area contributed by atoms with Crippen molar-refractivity contribution in [2.24, 2.45) is 5.92 Å². The lowest BCUT2D eigenvalue weighted by atomic mass is 10.0. The quantitative estimate of drug-likeness (QED) is 0.0260. The highest BCUT2D eigenvalue weighted by Gasteiger charge is 2.29. The van der Waals surface area contributed by atoms with Crippen LogP contribution >= 0.6 is 11.3 Å². The number of benzene rings is 1. The van der Waals surface area contributed by atoms with Gasteiger partial charge in [-0.15, -0.1) is 11.3 Å². The smallest absolute Gasteiger partial charge is 0.306 e. The Bertz CT molecular complexity index is 2800. The Hall–Kier alpha value is -7.99. The number of thiophene rings is 1. The molecule has 0 saturated carbocycles. The molecule has 0 spiro atoms. The lowest BCUT2D eigenvalue weighted by molar-refractivity contribution is -0.147. The van der Waals surface area contributed by atoms with E-state index >= 15 is 0 Å². The molecule has 400 valence electrons. The molecular formula is C51H59N7O16S. The van der Waals surface area contributed by atoms with Gasteiger partial charge in [0.25, 0.3) is 23.6 Å². The van der Waals surface area contributed by atoms with Crippen LogP contribution in [0.1, 0.15) is 85.8 Å². The number of carbonyl (C=O) groups is 9. The second kappa shape index (κ2) is 26.8. The number of nitrogens with one attached hydrogen (secondary N) is 3. The number of pyridine rings is 2. The van der Waals surface area contributed by atoms with E-state index in [1.807, 2.05) is 0 Å². The number of Topliss-reactive ketones (excluding diaryl/α,β-unsaturated/α-hetero) is 1. The van der Waals surface area contributed by atoms with Gasteiger partial charge in [0.05, 0.1) is 87.4 Å². The first kappa shape index (κ1) is 56.3. The number of fused-ring (bicyclic) bond motifs is 2. The van der Waals surface area contributed by atoms with E-state index in [1.165, 1.54) is 44.6 Å². The van der Waals surface area contributed by atoms with Gasteiger partial charge in [-0.1, -0.05) is 26.0 Å². The largest absolute Gasteiger partial charge is 0.491 e. The third-order valence-electron chi connectivity index (χ3n) is 11.7. The van der Waals surface area contributed by atoms with Crippen molar-refractivity contribution in [1.82, 2.24) is 30.4 Å². The summed E-state index contributed by atoms with van der Waals surface area (Å²) >= 11 is 1.20. The molecule has 3 aromatic heterocycles. The van der Waals surface area contributed by atoms with Gasteiger partial charge >= 0.3 is 11.9 Å². The molecule has 2 aliphatic heterocycles. The van der Waals surface area contributed by atoms with Crippen LogP contribution in [0.4, 0.5) is 5.69 Å². The molecule has 0 fully saturated rings. The summed E-state index contributed by atoms with van der Waals surface area (Å²) in [6.07, 6.45) is 2.06. The zero-order valence-corrected chi connectivity index (χ0v) is 42.9. The number of hydrogen-bond acceptors (Lipinski definition) is 18. The Balaban J connectivity index is 0.868. The summed E-state index contributed by atoms with van der Waals surface area (Å²) in [5, 5.41) is 16.9. The molecule has 6 amide bonds. The summed E-state index contributed by atoms with van der Waals surface area (Å²) in [7, 11) is 2.96. The van der Waals surface area contributed by atoms with Crippen LogP contribution in [0, 0.1) is 5.92 Å². The Morgan fingerprint density at radius 3 is 2.11 bits per heavy atom. The van der Waals surface area contributed by atoms with E-state index in [0.717, 1.165) is 10.5 Å². The van der Waals surface area contributed by atoms with Gasteiger partial charge in [-0.2, -0.15) is 0 Å². The molecule has 1 aromatic carbocycles. The van der Waals surface area contributed by atoms with E-state index in [1.54, 1.807) is 61.2 Å². The summed E-state index contributed by atoms with van der Waals surface area (Å²) in [4.78, 5) is 123. The lowest BCUT2D eigenvalue weighted by Crippen LogP contribution is -2.53. The Morgan fingerprint density at radius 2 is 1.44 bits per heavy atom. The maximum atomic E-state index is 13.2. The van der Waals surface area contributed by atoms with Crippen molar-refractivity contribution in [2.45, 2.75) is 91.1 Å². The zero-order valence-electron chi connectivity index (χ0n) is 42.1. The van der Waals surface area contributed by atoms with E-state index in [4.69, 9.17) is 33.5 Å². The summed E-state index contributed by atoms with van der Waals surface area (Å²) in [5.74, 6) is -3.67. The van der Waals surface area contributed by atoms with E-state index in [9.17, 15) is 43.2 Å². The van der Waals surface area contributed by atoms with Gasteiger partial charge in [0, 0.05) is 56.1 Å². The number of imide groups is 1. The summed E-state index contributed by atoms with van der Waals surface area (Å²) in [5.41, 5.74) is 2.96. The van der Waals surface area contributed by atoms with Gasteiger partial charge in [-0.3, -0.25) is 48.1 Å². The molecular weight excluding hydrogens is 999 g/mol. The van der Waals surface area contributed by atoms with Gasteiger partial charge in [-0.05, 0) is 48.2 Å². The van der Waals surface area contributed by atoms with Gasteiger partial charge in [0.2, 0.25) is 23.6 Å². The van der Waals surface area contributed by atoms with Crippen LogP contribution in [0.2, 0.25) is 0 Å². The summed E-state index contributed by atoms with van der Waals surface area (Å²) in [6, 6.07) is 9.69. The van der Waals surface area contributed by atoms with Crippen LogP contribution in [0.3, 0.4) is 0 Å². The van der Waals surface area contributed by atoms with Crippen molar-refractivity contribution in [3.8, 4) is 23.3 Å². The summed E-state index contributed by atoms with van der Waals surface area (Å²) < 4.78 is 34.3. The minimum Gasteiger partial charge on any atom is -0.491 e. The molecule has 5 heterocycles. The number of hydrogen-bond donors (Lipinski definition) is 4.